The molecule has 1 unspecified atom stereocenters. The second-order valence-electron chi connectivity index (χ2n) is 4.32. The maximum Gasteiger partial charge on any atom is 0.311 e. The van der Waals surface area contributed by atoms with Crippen molar-refractivity contribution in [1.29, 1.82) is 0 Å². The Kier molecular flexibility index (Phi) is 3.89. The molecule has 8 heteroatoms. The van der Waals surface area contributed by atoms with Crippen molar-refractivity contribution in [3.63, 3.8) is 0 Å². The fourth-order valence-corrected chi connectivity index (χ4v) is 2.31. The van der Waals surface area contributed by atoms with Crippen LogP contribution < -0.4 is 4.90 Å². The smallest absolute Gasteiger partial charge is 0.311 e. The van der Waals surface area contributed by atoms with Gasteiger partial charge >= 0.3 is 5.97 Å². The van der Waals surface area contributed by atoms with Gasteiger partial charge in [-0.25, -0.2) is 0 Å². The van der Waals surface area contributed by atoms with Crippen LogP contribution in [-0.2, 0) is 14.3 Å². The lowest BCUT2D eigenvalue weighted by molar-refractivity contribution is -0.384. The number of hydrogen-bond donors (Lipinski definition) is 0. The number of esters is 1. The normalized spacial score (nSPS) is 18.2. The molecule has 1 saturated heterocycles. The van der Waals surface area contributed by atoms with Crippen molar-refractivity contribution in [2.75, 3.05) is 18.6 Å². The predicted molar refractivity (Wildman–Crippen MR) is 70.6 cm³/mol. The van der Waals surface area contributed by atoms with Crippen molar-refractivity contribution in [2.45, 2.75) is 6.42 Å². The molecule has 0 aromatic heterocycles. The summed E-state index contributed by atoms with van der Waals surface area (Å²) >= 11 is 5.97. The van der Waals surface area contributed by atoms with E-state index >= 15 is 0 Å². The molecule has 1 aromatic rings. The van der Waals surface area contributed by atoms with Gasteiger partial charge in [-0.05, 0) is 6.07 Å². The van der Waals surface area contributed by atoms with Crippen molar-refractivity contribution in [3.8, 4) is 0 Å². The quantitative estimate of drug-likeness (QED) is 0.482. The van der Waals surface area contributed by atoms with Crippen LogP contribution in [0, 0.1) is 16.0 Å². The molecule has 0 radical (unpaired) electrons. The highest BCUT2D eigenvalue weighted by molar-refractivity contribution is 6.34. The summed E-state index contributed by atoms with van der Waals surface area (Å²) in [6, 6.07) is 3.83. The molecule has 0 spiro atoms. The van der Waals surface area contributed by atoms with Crippen LogP contribution in [0.1, 0.15) is 6.42 Å². The van der Waals surface area contributed by atoms with Crippen LogP contribution in [0.2, 0.25) is 5.02 Å². The predicted octanol–water partition coefficient (Wildman–Crippen LogP) is 1.77. The molecule has 0 aliphatic carbocycles. The molecule has 1 aliphatic rings. The van der Waals surface area contributed by atoms with E-state index in [0.717, 1.165) is 0 Å². The molecule has 1 atom stereocenters. The third kappa shape index (κ3) is 2.57. The number of ether oxygens (including phenoxy) is 1. The number of non-ortho nitro benzene ring substituents is 1. The maximum atomic E-state index is 11.9. The minimum absolute atomic E-state index is 0.00565. The number of anilines is 1. The zero-order valence-electron chi connectivity index (χ0n) is 10.5. The monoisotopic (exact) mass is 298 g/mol. The van der Waals surface area contributed by atoms with E-state index in [1.165, 1.54) is 30.2 Å². The van der Waals surface area contributed by atoms with Crippen LogP contribution in [0.25, 0.3) is 0 Å². The first-order valence-electron chi connectivity index (χ1n) is 5.76. The lowest BCUT2D eigenvalue weighted by Gasteiger charge is -2.17. The summed E-state index contributed by atoms with van der Waals surface area (Å²) in [7, 11) is 1.25. The average molecular weight is 299 g/mol. The molecule has 20 heavy (non-hydrogen) atoms. The van der Waals surface area contributed by atoms with E-state index < -0.39 is 16.8 Å². The molecule has 0 bridgehead atoms. The largest absolute Gasteiger partial charge is 0.469 e. The SMILES string of the molecule is COC(=O)C1CC(=O)N(c2cc([N+](=O)[O-])ccc2Cl)C1. The number of hydrogen-bond acceptors (Lipinski definition) is 5. The zero-order valence-corrected chi connectivity index (χ0v) is 11.3. The molecule has 1 aliphatic heterocycles. The van der Waals surface area contributed by atoms with Gasteiger partial charge in [-0.15, -0.1) is 0 Å². The number of methoxy groups -OCH3 is 1. The molecule has 2 rings (SSSR count). The lowest BCUT2D eigenvalue weighted by Crippen LogP contribution is -2.26. The van der Waals surface area contributed by atoms with Gasteiger partial charge in [0, 0.05) is 25.1 Å². The van der Waals surface area contributed by atoms with E-state index in [2.05, 4.69) is 4.74 Å². The summed E-state index contributed by atoms with van der Waals surface area (Å²) in [5, 5.41) is 11.0. The fourth-order valence-electron chi connectivity index (χ4n) is 2.09. The molecule has 1 amide bonds. The van der Waals surface area contributed by atoms with Crippen molar-refractivity contribution >= 4 is 34.9 Å². The number of nitrogens with zero attached hydrogens (tertiary/aromatic N) is 2. The zero-order chi connectivity index (χ0) is 14.9. The van der Waals surface area contributed by atoms with Gasteiger partial charge in [0.1, 0.15) is 0 Å². The van der Waals surface area contributed by atoms with E-state index in [-0.39, 0.29) is 35.3 Å². The van der Waals surface area contributed by atoms with Crippen molar-refractivity contribution < 1.29 is 19.2 Å². The number of nitro groups is 1. The van der Waals surface area contributed by atoms with E-state index in [1.807, 2.05) is 0 Å². The van der Waals surface area contributed by atoms with Gasteiger partial charge in [0.05, 0.1) is 28.7 Å². The van der Waals surface area contributed by atoms with Gasteiger partial charge < -0.3 is 9.64 Å². The Bertz CT molecular complexity index is 589. The number of carbonyl (C=O) groups is 2. The van der Waals surface area contributed by atoms with Crippen molar-refractivity contribution in [1.82, 2.24) is 0 Å². The van der Waals surface area contributed by atoms with Crippen molar-refractivity contribution in [3.05, 3.63) is 33.3 Å². The number of halogens is 1. The number of nitro benzene ring substituents is 1. The number of rotatable bonds is 3. The maximum absolute atomic E-state index is 11.9. The highest BCUT2D eigenvalue weighted by Gasteiger charge is 2.37. The number of amides is 1. The fraction of sp³-hybridized carbons (Fsp3) is 0.333. The molecule has 0 N–H and O–H groups in total. The van der Waals surface area contributed by atoms with Crippen LogP contribution >= 0.6 is 11.6 Å². The van der Waals surface area contributed by atoms with Crippen LogP contribution in [0.3, 0.4) is 0 Å². The third-order valence-electron chi connectivity index (χ3n) is 3.09. The Morgan fingerprint density at radius 1 is 1.55 bits per heavy atom. The Balaban J connectivity index is 2.32. The van der Waals surface area contributed by atoms with Crippen LogP contribution in [0.15, 0.2) is 18.2 Å². The minimum Gasteiger partial charge on any atom is -0.469 e. The molecule has 106 valence electrons. The highest BCUT2D eigenvalue weighted by Crippen LogP contribution is 2.34. The molecular weight excluding hydrogens is 288 g/mol. The van der Waals surface area contributed by atoms with E-state index in [9.17, 15) is 19.7 Å². The second kappa shape index (κ2) is 5.46. The Labute approximate surface area is 119 Å². The Morgan fingerprint density at radius 3 is 2.85 bits per heavy atom. The number of benzene rings is 1. The second-order valence-corrected chi connectivity index (χ2v) is 4.73. The van der Waals surface area contributed by atoms with Gasteiger partial charge in [-0.3, -0.25) is 19.7 Å². The van der Waals surface area contributed by atoms with Gasteiger partial charge in [-0.1, -0.05) is 11.6 Å². The Hall–Kier alpha value is -2.15. The minimum atomic E-state index is -0.581. The molecule has 7 nitrogen and oxygen atoms in total. The first-order valence-corrected chi connectivity index (χ1v) is 6.14. The van der Waals surface area contributed by atoms with Gasteiger partial charge in [-0.2, -0.15) is 0 Å². The third-order valence-corrected chi connectivity index (χ3v) is 3.41. The Morgan fingerprint density at radius 2 is 2.25 bits per heavy atom. The standard InChI is InChI=1S/C12H11ClN2O5/c1-20-12(17)7-4-11(16)14(6-7)10-5-8(15(18)19)2-3-9(10)13/h2-3,5,7H,4,6H2,1H3. The summed E-state index contributed by atoms with van der Waals surface area (Å²) in [6.45, 7) is 0.104. The van der Waals surface area contributed by atoms with Crippen LogP contribution in [-0.4, -0.2) is 30.5 Å². The van der Waals surface area contributed by atoms with Gasteiger partial charge in [0.2, 0.25) is 5.91 Å². The van der Waals surface area contributed by atoms with E-state index in [0.29, 0.717) is 0 Å². The van der Waals surface area contributed by atoms with E-state index in [4.69, 9.17) is 11.6 Å². The van der Waals surface area contributed by atoms with Crippen LogP contribution in [0.5, 0.6) is 0 Å². The van der Waals surface area contributed by atoms with Gasteiger partial charge in [0.15, 0.2) is 0 Å². The molecule has 1 heterocycles. The summed E-state index contributed by atoms with van der Waals surface area (Å²) in [5.41, 5.74) is 0.0657. The molecular formula is C12H11ClN2O5. The van der Waals surface area contributed by atoms with E-state index in [1.54, 1.807) is 0 Å². The summed E-state index contributed by atoms with van der Waals surface area (Å²) in [4.78, 5) is 34.9. The molecule has 1 fully saturated rings. The van der Waals surface area contributed by atoms with Crippen LogP contribution in [0.4, 0.5) is 11.4 Å². The molecule has 0 saturated carbocycles. The highest BCUT2D eigenvalue weighted by atomic mass is 35.5. The summed E-state index contributed by atoms with van der Waals surface area (Å²) in [6.07, 6.45) is 0.00565. The average Bonchev–Trinajstić information content (AvgIpc) is 2.80. The van der Waals surface area contributed by atoms with Crippen molar-refractivity contribution in [2.24, 2.45) is 5.92 Å². The molecule has 1 aromatic carbocycles. The lowest BCUT2D eigenvalue weighted by atomic mass is 10.1. The summed E-state index contributed by atoms with van der Waals surface area (Å²) < 4.78 is 4.60. The van der Waals surface area contributed by atoms with Gasteiger partial charge in [0.25, 0.3) is 5.69 Å². The first kappa shape index (κ1) is 14.3. The first-order chi connectivity index (χ1) is 9.43. The topological polar surface area (TPSA) is 89.8 Å². The summed E-state index contributed by atoms with van der Waals surface area (Å²) in [5.74, 6) is -1.38. The number of carbonyl (C=O) groups excluding carboxylic acids is 2.